The van der Waals surface area contributed by atoms with E-state index in [-0.39, 0.29) is 17.4 Å². The second kappa shape index (κ2) is 7.31. The highest BCUT2D eigenvalue weighted by Gasteiger charge is 2.21. The van der Waals surface area contributed by atoms with Gasteiger partial charge in [-0.2, -0.15) is 0 Å². The Morgan fingerprint density at radius 1 is 1.20 bits per heavy atom. The van der Waals surface area contributed by atoms with Gasteiger partial charge in [0.2, 0.25) is 0 Å². The second-order valence-corrected chi connectivity index (χ2v) is 9.45. The summed E-state index contributed by atoms with van der Waals surface area (Å²) in [6, 6.07) is 5.24. The van der Waals surface area contributed by atoms with Crippen LogP contribution in [0.1, 0.15) is 11.1 Å². The average molecular weight is 392 g/mol. The molecule has 0 amide bonds. The molecule has 2 aromatic rings. The number of aromatic nitrogens is 1. The number of phosphoric ester groups is 1. The van der Waals surface area contributed by atoms with Gasteiger partial charge in [-0.05, 0) is 17.2 Å². The lowest BCUT2D eigenvalue weighted by atomic mass is 10.1. The van der Waals surface area contributed by atoms with Crippen LogP contribution in [0.15, 0.2) is 24.4 Å². The Morgan fingerprint density at radius 2 is 1.88 bits per heavy atom. The molecule has 0 aliphatic heterocycles. The largest absolute Gasteiger partial charge is 0.756 e. The van der Waals surface area contributed by atoms with E-state index in [1.54, 1.807) is 32.4 Å². The van der Waals surface area contributed by atoms with Crippen molar-refractivity contribution in [3.05, 3.63) is 35.5 Å². The molecule has 0 spiro atoms. The van der Waals surface area contributed by atoms with Gasteiger partial charge in [-0.1, -0.05) is 12.1 Å². The van der Waals surface area contributed by atoms with E-state index in [2.05, 4.69) is 9.51 Å². The maximum atomic E-state index is 11.4. The summed E-state index contributed by atoms with van der Waals surface area (Å²) in [5.41, 5.74) is 2.21. The van der Waals surface area contributed by atoms with E-state index in [0.717, 1.165) is 16.5 Å². The molecule has 0 saturated carbocycles. The number of H-pyrrole nitrogens is 1. The van der Waals surface area contributed by atoms with Crippen molar-refractivity contribution >= 4 is 26.3 Å². The Morgan fingerprint density at radius 3 is 2.48 bits per heavy atom. The van der Waals surface area contributed by atoms with Crippen LogP contribution in [0.4, 0.5) is 0 Å². The molecule has 1 aromatic carbocycles. The average Bonchev–Trinajstić information content (AvgIpc) is 2.85. The standard InChI is InChI=1S/C14H22N2O7P2/c1-16(2,10-23-25(20,21)22)7-6-11-8-15-13-5-3-4-12(14(11)13)9-24(17,18)19/h3-5,8,15H,6-7,9-10H2,1-2H3,(H3-,17,18,19,20,21,22). The zero-order valence-corrected chi connectivity index (χ0v) is 15.7. The summed E-state index contributed by atoms with van der Waals surface area (Å²) < 4.78 is 26.7. The van der Waals surface area contributed by atoms with Crippen LogP contribution in [0.3, 0.4) is 0 Å². The number of phosphoric acid groups is 1. The summed E-state index contributed by atoms with van der Waals surface area (Å²) in [5, 5.41) is 0.767. The van der Waals surface area contributed by atoms with Crippen molar-refractivity contribution in [2.75, 3.05) is 27.4 Å². The highest BCUT2D eigenvalue weighted by Crippen LogP contribution is 2.41. The summed E-state index contributed by atoms with van der Waals surface area (Å²) in [6.45, 7) is 0.284. The van der Waals surface area contributed by atoms with Crippen molar-refractivity contribution in [3.8, 4) is 0 Å². The van der Waals surface area contributed by atoms with E-state index in [1.807, 2.05) is 6.07 Å². The van der Waals surface area contributed by atoms with Gasteiger partial charge < -0.3 is 29.0 Å². The van der Waals surface area contributed by atoms with Crippen molar-refractivity contribution in [1.82, 2.24) is 4.98 Å². The molecule has 2 rings (SSSR count). The van der Waals surface area contributed by atoms with Crippen LogP contribution in [0.2, 0.25) is 0 Å². The van der Waals surface area contributed by atoms with Crippen LogP contribution in [-0.4, -0.2) is 51.5 Å². The van der Waals surface area contributed by atoms with E-state index >= 15 is 0 Å². The van der Waals surface area contributed by atoms with Crippen molar-refractivity contribution < 1.29 is 37.7 Å². The highest BCUT2D eigenvalue weighted by atomic mass is 31.2. The number of hydrogen-bond acceptors (Lipinski definition) is 4. The molecule has 1 heterocycles. The molecule has 1 aromatic heterocycles. The third kappa shape index (κ3) is 6.33. The van der Waals surface area contributed by atoms with Gasteiger partial charge in [-0.15, -0.1) is 0 Å². The van der Waals surface area contributed by atoms with Crippen molar-refractivity contribution in [2.45, 2.75) is 12.6 Å². The Hall–Kier alpha value is -1.02. The maximum Gasteiger partial charge on any atom is 0.329 e. The highest BCUT2D eigenvalue weighted by molar-refractivity contribution is 7.50. The Balaban J connectivity index is 2.19. The topological polar surface area (TPSA) is 143 Å². The van der Waals surface area contributed by atoms with Gasteiger partial charge in [-0.25, -0.2) is 0 Å². The molecule has 1 atom stereocenters. The molecule has 0 radical (unpaired) electrons. The lowest BCUT2D eigenvalue weighted by Crippen LogP contribution is -2.43. The normalized spacial score (nSPS) is 15.4. The lowest BCUT2D eigenvalue weighted by Gasteiger charge is -2.31. The number of aromatic amines is 1. The van der Waals surface area contributed by atoms with Crippen LogP contribution >= 0.6 is 15.4 Å². The summed E-state index contributed by atoms with van der Waals surface area (Å²) in [4.78, 5) is 41.1. The minimum absolute atomic E-state index is 0.181. The van der Waals surface area contributed by atoms with Crippen LogP contribution < -0.4 is 4.89 Å². The number of benzene rings is 1. The first-order valence-electron chi connectivity index (χ1n) is 7.49. The molecule has 0 bridgehead atoms. The molecule has 0 saturated heterocycles. The van der Waals surface area contributed by atoms with Crippen LogP contribution in [0, 0.1) is 0 Å². The SMILES string of the molecule is C[N+](C)(CCc1c[nH]c2cccc(CP(=O)(O)O)c12)COP(=O)([O-])O. The van der Waals surface area contributed by atoms with Crippen molar-refractivity contribution in [2.24, 2.45) is 0 Å². The molecule has 0 aliphatic rings. The van der Waals surface area contributed by atoms with E-state index in [1.165, 1.54) is 0 Å². The summed E-state index contributed by atoms with van der Waals surface area (Å²) >= 11 is 0. The van der Waals surface area contributed by atoms with Crippen molar-refractivity contribution in [1.29, 1.82) is 0 Å². The van der Waals surface area contributed by atoms with Gasteiger partial charge in [0.25, 0.3) is 7.82 Å². The smallest absolute Gasteiger partial charge is 0.329 e. The lowest BCUT2D eigenvalue weighted by molar-refractivity contribution is -0.906. The summed E-state index contributed by atoms with van der Waals surface area (Å²) in [5.74, 6) is 0. The van der Waals surface area contributed by atoms with Gasteiger partial charge in [0.15, 0.2) is 6.73 Å². The molecule has 9 nitrogen and oxygen atoms in total. The van der Waals surface area contributed by atoms with E-state index in [0.29, 0.717) is 18.5 Å². The van der Waals surface area contributed by atoms with Gasteiger partial charge in [0.1, 0.15) is 0 Å². The first-order valence-corrected chi connectivity index (χ1v) is 10.8. The molecule has 25 heavy (non-hydrogen) atoms. The molecule has 140 valence electrons. The zero-order valence-electron chi connectivity index (χ0n) is 14.0. The molecular weight excluding hydrogens is 370 g/mol. The Bertz CT molecular complexity index is 837. The van der Waals surface area contributed by atoms with E-state index in [4.69, 9.17) is 4.89 Å². The van der Waals surface area contributed by atoms with E-state index in [9.17, 15) is 23.8 Å². The fraction of sp³-hybridized carbons (Fsp3) is 0.429. The van der Waals surface area contributed by atoms with Gasteiger partial charge in [-0.3, -0.25) is 13.7 Å². The number of hydrogen-bond donors (Lipinski definition) is 4. The number of nitrogens with zero attached hydrogens (tertiary/aromatic N) is 1. The predicted molar refractivity (Wildman–Crippen MR) is 90.5 cm³/mol. The number of quaternary nitrogens is 1. The van der Waals surface area contributed by atoms with Crippen molar-refractivity contribution in [3.63, 3.8) is 0 Å². The first-order chi connectivity index (χ1) is 11.4. The van der Waals surface area contributed by atoms with Gasteiger partial charge in [0, 0.05) is 23.5 Å². The maximum absolute atomic E-state index is 11.4. The molecule has 0 aliphatic carbocycles. The number of likely N-dealkylation sites (N-methyl/N-ethyl adjacent to an activating group) is 1. The van der Waals surface area contributed by atoms with E-state index < -0.39 is 15.4 Å². The number of rotatable bonds is 8. The van der Waals surface area contributed by atoms with Gasteiger partial charge in [0.05, 0.1) is 26.8 Å². The fourth-order valence-corrected chi connectivity index (χ4v) is 3.77. The van der Waals surface area contributed by atoms with Gasteiger partial charge >= 0.3 is 7.60 Å². The third-order valence-electron chi connectivity index (χ3n) is 3.81. The predicted octanol–water partition coefficient (Wildman–Crippen LogP) is 0.899. The van der Waals surface area contributed by atoms with Crippen LogP contribution in [0.5, 0.6) is 0 Å². The molecule has 4 N–H and O–H groups in total. The number of nitrogens with one attached hydrogen (secondary N) is 1. The molecule has 1 unspecified atom stereocenters. The Labute approximate surface area is 145 Å². The van der Waals surface area contributed by atoms with Crippen LogP contribution in [-0.2, 0) is 26.2 Å². The minimum atomic E-state index is -4.77. The van der Waals surface area contributed by atoms with Crippen LogP contribution in [0.25, 0.3) is 10.9 Å². The monoisotopic (exact) mass is 392 g/mol. The third-order valence-corrected chi connectivity index (χ3v) is 5.00. The first kappa shape index (κ1) is 20.3. The quantitative estimate of drug-likeness (QED) is 0.297. The molecule has 11 heteroatoms. The summed E-state index contributed by atoms with van der Waals surface area (Å²) in [6.07, 6.45) is 1.96. The molecule has 0 fully saturated rings. The fourth-order valence-electron chi connectivity index (χ4n) is 2.60. The zero-order chi connectivity index (χ0) is 18.9. The minimum Gasteiger partial charge on any atom is -0.756 e. The summed E-state index contributed by atoms with van der Waals surface area (Å²) in [7, 11) is -5.47. The second-order valence-electron chi connectivity index (χ2n) is 6.61. The number of fused-ring (bicyclic) bond motifs is 1. The Kier molecular flexibility index (Phi) is 5.93. The molecular formula is C14H22N2O7P2.